The zero-order chi connectivity index (χ0) is 14.7. The first kappa shape index (κ1) is 13.1. The van der Waals surface area contributed by atoms with Crippen molar-refractivity contribution >= 4 is 28.6 Å². The van der Waals surface area contributed by atoms with Gasteiger partial charge < -0.3 is 9.90 Å². The van der Waals surface area contributed by atoms with Gasteiger partial charge in [-0.05, 0) is 34.0 Å². The van der Waals surface area contributed by atoms with Gasteiger partial charge in [-0.15, -0.1) is 0 Å². The Labute approximate surface area is 122 Å². The van der Waals surface area contributed by atoms with Gasteiger partial charge in [-0.3, -0.25) is 4.99 Å². The molecular formula is C18H12NO2-. The molecule has 0 bridgehead atoms. The maximum atomic E-state index is 10.7. The highest BCUT2D eigenvalue weighted by Crippen LogP contribution is 2.20. The van der Waals surface area contributed by atoms with E-state index in [0.29, 0.717) is 0 Å². The van der Waals surface area contributed by atoms with Crippen molar-refractivity contribution in [2.24, 2.45) is 4.99 Å². The zero-order valence-corrected chi connectivity index (χ0v) is 11.2. The molecule has 0 saturated heterocycles. The predicted octanol–water partition coefficient (Wildman–Crippen LogP) is 2.95. The fraction of sp³-hybridized carbons (Fsp3) is 0. The third-order valence-corrected chi connectivity index (χ3v) is 3.24. The quantitative estimate of drug-likeness (QED) is 0.689. The minimum atomic E-state index is -1.17. The second kappa shape index (κ2) is 5.59. The molecule has 3 rings (SSSR count). The third kappa shape index (κ3) is 2.98. The Morgan fingerprint density at radius 3 is 2.33 bits per heavy atom. The lowest BCUT2D eigenvalue weighted by molar-refractivity contribution is -0.255. The Bertz CT molecular complexity index is 820. The van der Waals surface area contributed by atoms with Crippen LogP contribution in [0.3, 0.4) is 0 Å². The van der Waals surface area contributed by atoms with Crippen LogP contribution in [-0.2, 0) is 0 Å². The molecule has 0 heterocycles. The smallest absolute Gasteiger partial charge is 0.0715 e. The van der Waals surface area contributed by atoms with E-state index < -0.39 is 5.97 Å². The summed E-state index contributed by atoms with van der Waals surface area (Å²) in [5.74, 6) is -1.17. The standard InChI is InChI=1S/C18H13NO2/c20-18(21)15-7-5-13(6-8-15)12-19-17-10-9-14-3-1-2-4-16(14)11-17/h1-12H,(H,20,21)/p-1. The van der Waals surface area contributed by atoms with E-state index in [-0.39, 0.29) is 5.56 Å². The number of benzene rings is 3. The maximum absolute atomic E-state index is 10.7. The van der Waals surface area contributed by atoms with Crippen molar-refractivity contribution in [3.8, 4) is 0 Å². The van der Waals surface area contributed by atoms with Gasteiger partial charge in [0.15, 0.2) is 0 Å². The Hall–Kier alpha value is -2.94. The Balaban J connectivity index is 1.85. The second-order valence-electron chi connectivity index (χ2n) is 4.70. The Kier molecular flexibility index (Phi) is 3.48. The average Bonchev–Trinajstić information content (AvgIpc) is 2.53. The molecule has 0 atom stereocenters. The van der Waals surface area contributed by atoms with Crippen molar-refractivity contribution in [1.29, 1.82) is 0 Å². The molecule has 0 N–H and O–H groups in total. The molecule has 3 heteroatoms. The van der Waals surface area contributed by atoms with E-state index in [1.165, 1.54) is 17.5 Å². The van der Waals surface area contributed by atoms with Crippen molar-refractivity contribution in [2.45, 2.75) is 0 Å². The summed E-state index contributed by atoms with van der Waals surface area (Å²) in [6.07, 6.45) is 1.71. The van der Waals surface area contributed by atoms with E-state index in [1.54, 1.807) is 18.3 Å². The van der Waals surface area contributed by atoms with Crippen LogP contribution in [0, 0.1) is 0 Å². The first-order valence-corrected chi connectivity index (χ1v) is 6.57. The molecule has 3 nitrogen and oxygen atoms in total. The predicted molar refractivity (Wildman–Crippen MR) is 82.0 cm³/mol. The molecule has 3 aromatic carbocycles. The van der Waals surface area contributed by atoms with Gasteiger partial charge in [0.2, 0.25) is 0 Å². The van der Waals surface area contributed by atoms with Crippen LogP contribution in [-0.4, -0.2) is 12.2 Å². The van der Waals surface area contributed by atoms with Gasteiger partial charge in [0.1, 0.15) is 0 Å². The van der Waals surface area contributed by atoms with Crippen LogP contribution in [0.2, 0.25) is 0 Å². The molecule has 0 spiro atoms. The minimum absolute atomic E-state index is 0.165. The van der Waals surface area contributed by atoms with E-state index in [1.807, 2.05) is 36.4 Å². The Morgan fingerprint density at radius 1 is 0.905 bits per heavy atom. The SMILES string of the molecule is O=C([O-])c1ccc(C=Nc2ccc3ccccc3c2)cc1. The number of hydrogen-bond acceptors (Lipinski definition) is 3. The number of aromatic carboxylic acids is 1. The number of aliphatic imine (C=N–C) groups is 1. The van der Waals surface area contributed by atoms with E-state index in [9.17, 15) is 9.90 Å². The molecule has 0 amide bonds. The maximum Gasteiger partial charge on any atom is 0.0715 e. The summed E-state index contributed by atoms with van der Waals surface area (Å²) in [4.78, 5) is 15.1. The summed E-state index contributed by atoms with van der Waals surface area (Å²) in [7, 11) is 0. The van der Waals surface area contributed by atoms with E-state index >= 15 is 0 Å². The van der Waals surface area contributed by atoms with Gasteiger partial charge in [-0.25, -0.2) is 0 Å². The van der Waals surface area contributed by atoms with Crippen LogP contribution < -0.4 is 5.11 Å². The van der Waals surface area contributed by atoms with Gasteiger partial charge in [-0.1, -0.05) is 54.6 Å². The van der Waals surface area contributed by atoms with Gasteiger partial charge in [0, 0.05) is 6.21 Å². The summed E-state index contributed by atoms with van der Waals surface area (Å²) in [6.45, 7) is 0. The molecule has 0 saturated carbocycles. The molecule has 102 valence electrons. The molecular weight excluding hydrogens is 262 g/mol. The molecule has 21 heavy (non-hydrogen) atoms. The minimum Gasteiger partial charge on any atom is -0.545 e. The van der Waals surface area contributed by atoms with Gasteiger partial charge in [-0.2, -0.15) is 0 Å². The van der Waals surface area contributed by atoms with E-state index in [2.05, 4.69) is 11.1 Å². The largest absolute Gasteiger partial charge is 0.545 e. The van der Waals surface area contributed by atoms with Crippen molar-refractivity contribution in [3.05, 3.63) is 77.9 Å². The molecule has 0 aliphatic rings. The van der Waals surface area contributed by atoms with E-state index in [4.69, 9.17) is 0 Å². The lowest BCUT2D eigenvalue weighted by Crippen LogP contribution is -2.21. The van der Waals surface area contributed by atoms with Gasteiger partial charge in [0.05, 0.1) is 11.7 Å². The average molecular weight is 274 g/mol. The van der Waals surface area contributed by atoms with Crippen LogP contribution >= 0.6 is 0 Å². The van der Waals surface area contributed by atoms with E-state index in [0.717, 1.165) is 16.6 Å². The first-order valence-electron chi connectivity index (χ1n) is 6.57. The summed E-state index contributed by atoms with van der Waals surface area (Å²) in [6, 6.07) is 20.5. The lowest BCUT2D eigenvalue weighted by atomic mass is 10.1. The number of fused-ring (bicyclic) bond motifs is 1. The van der Waals surface area contributed by atoms with Crippen LogP contribution in [0.1, 0.15) is 15.9 Å². The molecule has 0 unspecified atom stereocenters. The van der Waals surface area contributed by atoms with Gasteiger partial charge >= 0.3 is 0 Å². The molecule has 0 fully saturated rings. The van der Waals surface area contributed by atoms with Crippen LogP contribution in [0.5, 0.6) is 0 Å². The first-order chi connectivity index (χ1) is 10.2. The van der Waals surface area contributed by atoms with Crippen LogP contribution in [0.4, 0.5) is 5.69 Å². The molecule has 0 aromatic heterocycles. The monoisotopic (exact) mass is 274 g/mol. The summed E-state index contributed by atoms with van der Waals surface area (Å²) in [5, 5.41) is 13.0. The number of carboxylic acids is 1. The fourth-order valence-corrected chi connectivity index (χ4v) is 2.11. The topological polar surface area (TPSA) is 52.5 Å². The van der Waals surface area contributed by atoms with Crippen molar-refractivity contribution in [2.75, 3.05) is 0 Å². The van der Waals surface area contributed by atoms with Gasteiger partial charge in [0.25, 0.3) is 0 Å². The highest BCUT2D eigenvalue weighted by molar-refractivity contribution is 5.89. The van der Waals surface area contributed by atoms with Crippen molar-refractivity contribution in [3.63, 3.8) is 0 Å². The third-order valence-electron chi connectivity index (χ3n) is 3.24. The number of carbonyl (C=O) groups is 1. The molecule has 0 aliphatic carbocycles. The van der Waals surface area contributed by atoms with Crippen molar-refractivity contribution in [1.82, 2.24) is 0 Å². The molecule has 0 radical (unpaired) electrons. The number of carboxylic acid groups (broad SMARTS) is 1. The summed E-state index contributed by atoms with van der Waals surface area (Å²) in [5.41, 5.74) is 1.86. The number of hydrogen-bond donors (Lipinski definition) is 0. The molecule has 0 aliphatic heterocycles. The van der Waals surface area contributed by atoms with Crippen LogP contribution in [0.15, 0.2) is 71.7 Å². The summed E-state index contributed by atoms with van der Waals surface area (Å²) < 4.78 is 0. The van der Waals surface area contributed by atoms with Crippen LogP contribution in [0.25, 0.3) is 10.8 Å². The molecule has 3 aromatic rings. The highest BCUT2D eigenvalue weighted by atomic mass is 16.4. The number of rotatable bonds is 3. The lowest BCUT2D eigenvalue weighted by Gasteiger charge is -2.02. The highest BCUT2D eigenvalue weighted by Gasteiger charge is 1.95. The number of carbonyl (C=O) groups excluding carboxylic acids is 1. The van der Waals surface area contributed by atoms with Crippen molar-refractivity contribution < 1.29 is 9.90 Å². The number of nitrogens with zero attached hydrogens (tertiary/aromatic N) is 1. The summed E-state index contributed by atoms with van der Waals surface area (Å²) >= 11 is 0. The normalized spacial score (nSPS) is 11.0. The Morgan fingerprint density at radius 2 is 1.62 bits per heavy atom. The zero-order valence-electron chi connectivity index (χ0n) is 11.2. The fourth-order valence-electron chi connectivity index (χ4n) is 2.11. The second-order valence-corrected chi connectivity index (χ2v) is 4.70.